The second-order valence-corrected chi connectivity index (χ2v) is 3.29. The SMILES string of the molecule is C#CCN(C)c1cc(F)c(Cl)cc1N. The number of halogens is 2. The van der Waals surface area contributed by atoms with Gasteiger partial charge in [-0.15, -0.1) is 6.42 Å². The number of nitrogens with zero attached hydrogens (tertiary/aromatic N) is 1. The summed E-state index contributed by atoms with van der Waals surface area (Å²) >= 11 is 5.55. The molecule has 74 valence electrons. The molecule has 0 atom stereocenters. The molecule has 1 aromatic rings. The molecule has 0 spiro atoms. The molecule has 0 radical (unpaired) electrons. The highest BCUT2D eigenvalue weighted by atomic mass is 35.5. The van der Waals surface area contributed by atoms with Gasteiger partial charge < -0.3 is 10.6 Å². The fourth-order valence-electron chi connectivity index (χ4n) is 1.10. The van der Waals surface area contributed by atoms with E-state index >= 15 is 0 Å². The Morgan fingerprint density at radius 2 is 2.29 bits per heavy atom. The summed E-state index contributed by atoms with van der Waals surface area (Å²) in [5.74, 6) is 1.94. The predicted molar refractivity (Wildman–Crippen MR) is 57.9 cm³/mol. The zero-order valence-electron chi connectivity index (χ0n) is 7.72. The van der Waals surface area contributed by atoms with Crippen molar-refractivity contribution in [1.82, 2.24) is 0 Å². The molecule has 0 aliphatic carbocycles. The highest BCUT2D eigenvalue weighted by molar-refractivity contribution is 6.31. The Kier molecular flexibility index (Phi) is 3.21. The van der Waals surface area contributed by atoms with Crippen molar-refractivity contribution in [1.29, 1.82) is 0 Å². The van der Waals surface area contributed by atoms with Crippen LogP contribution in [0.5, 0.6) is 0 Å². The number of nitrogen functional groups attached to an aromatic ring is 1. The number of nitrogens with two attached hydrogens (primary N) is 1. The van der Waals surface area contributed by atoms with Gasteiger partial charge in [0.25, 0.3) is 0 Å². The standard InChI is InChI=1S/C10H10ClFN2/c1-3-4-14(2)10-6-8(12)7(11)5-9(10)13/h1,5-6H,4,13H2,2H3. The average molecular weight is 213 g/mol. The Hall–Kier alpha value is -1.40. The normalized spacial score (nSPS) is 9.57. The molecule has 0 fully saturated rings. The van der Waals surface area contributed by atoms with Gasteiger partial charge in [-0.25, -0.2) is 4.39 Å². The van der Waals surface area contributed by atoms with E-state index in [0.717, 1.165) is 0 Å². The van der Waals surface area contributed by atoms with Gasteiger partial charge in [0.1, 0.15) is 5.82 Å². The van der Waals surface area contributed by atoms with Gasteiger partial charge in [-0.3, -0.25) is 0 Å². The molecular weight excluding hydrogens is 203 g/mol. The number of terminal acetylenes is 1. The third-order valence-corrected chi connectivity index (χ3v) is 2.10. The highest BCUT2D eigenvalue weighted by Gasteiger charge is 2.09. The number of hydrogen-bond acceptors (Lipinski definition) is 2. The van der Waals surface area contributed by atoms with E-state index in [4.69, 9.17) is 23.8 Å². The van der Waals surface area contributed by atoms with Crippen LogP contribution in [0.1, 0.15) is 0 Å². The molecule has 2 nitrogen and oxygen atoms in total. The molecular formula is C10H10ClFN2. The molecule has 0 unspecified atom stereocenters. The molecule has 0 aliphatic heterocycles. The van der Waals surface area contributed by atoms with E-state index < -0.39 is 5.82 Å². The van der Waals surface area contributed by atoms with E-state index in [1.807, 2.05) is 0 Å². The molecule has 4 heteroatoms. The van der Waals surface area contributed by atoms with Gasteiger partial charge in [-0.1, -0.05) is 17.5 Å². The Morgan fingerprint density at radius 3 is 2.86 bits per heavy atom. The zero-order chi connectivity index (χ0) is 10.7. The van der Waals surface area contributed by atoms with Crippen LogP contribution in [0.3, 0.4) is 0 Å². The van der Waals surface area contributed by atoms with Crippen LogP contribution in [0.15, 0.2) is 12.1 Å². The second-order valence-electron chi connectivity index (χ2n) is 2.89. The van der Waals surface area contributed by atoms with Crippen LogP contribution in [0, 0.1) is 18.2 Å². The van der Waals surface area contributed by atoms with Crippen LogP contribution < -0.4 is 10.6 Å². The number of anilines is 2. The lowest BCUT2D eigenvalue weighted by atomic mass is 10.2. The lowest BCUT2D eigenvalue weighted by Crippen LogP contribution is -2.18. The van der Waals surface area contributed by atoms with Crippen LogP contribution in [0.4, 0.5) is 15.8 Å². The van der Waals surface area contributed by atoms with E-state index in [1.165, 1.54) is 12.1 Å². The number of rotatable bonds is 2. The van der Waals surface area contributed by atoms with E-state index in [-0.39, 0.29) is 5.02 Å². The van der Waals surface area contributed by atoms with Crippen LogP contribution in [0.25, 0.3) is 0 Å². The first-order chi connectivity index (χ1) is 6.56. The Labute approximate surface area is 87.5 Å². The number of benzene rings is 1. The van der Waals surface area contributed by atoms with E-state index in [1.54, 1.807) is 11.9 Å². The molecule has 0 bridgehead atoms. The molecule has 14 heavy (non-hydrogen) atoms. The van der Waals surface area contributed by atoms with Gasteiger partial charge in [0.2, 0.25) is 0 Å². The maximum atomic E-state index is 13.1. The number of hydrogen-bond donors (Lipinski definition) is 1. The van der Waals surface area contributed by atoms with Crippen molar-refractivity contribution in [3.8, 4) is 12.3 Å². The summed E-state index contributed by atoms with van der Waals surface area (Å²) in [6.07, 6.45) is 5.13. The maximum absolute atomic E-state index is 13.1. The Morgan fingerprint density at radius 1 is 1.64 bits per heavy atom. The van der Waals surface area contributed by atoms with E-state index in [9.17, 15) is 4.39 Å². The van der Waals surface area contributed by atoms with Crippen molar-refractivity contribution in [2.45, 2.75) is 0 Å². The summed E-state index contributed by atoms with van der Waals surface area (Å²) < 4.78 is 13.1. The summed E-state index contributed by atoms with van der Waals surface area (Å²) in [6.45, 7) is 0.366. The minimum absolute atomic E-state index is 0.0142. The van der Waals surface area contributed by atoms with Gasteiger partial charge in [0, 0.05) is 13.1 Å². The fraction of sp³-hybridized carbons (Fsp3) is 0.200. The van der Waals surface area contributed by atoms with E-state index in [0.29, 0.717) is 17.9 Å². The van der Waals surface area contributed by atoms with Gasteiger partial charge in [-0.2, -0.15) is 0 Å². The van der Waals surface area contributed by atoms with Gasteiger partial charge >= 0.3 is 0 Å². The van der Waals surface area contributed by atoms with Crippen LogP contribution in [-0.2, 0) is 0 Å². The predicted octanol–water partition coefficient (Wildman–Crippen LogP) is 2.13. The van der Waals surface area contributed by atoms with Crippen molar-refractivity contribution >= 4 is 23.0 Å². The van der Waals surface area contributed by atoms with Crippen molar-refractivity contribution < 1.29 is 4.39 Å². The molecule has 0 aliphatic rings. The first-order valence-corrected chi connectivity index (χ1v) is 4.33. The van der Waals surface area contributed by atoms with Crippen LogP contribution >= 0.6 is 11.6 Å². The quantitative estimate of drug-likeness (QED) is 0.601. The average Bonchev–Trinajstić information content (AvgIpc) is 2.11. The highest BCUT2D eigenvalue weighted by Crippen LogP contribution is 2.28. The lowest BCUT2D eigenvalue weighted by molar-refractivity contribution is 0.628. The van der Waals surface area contributed by atoms with Gasteiger partial charge in [0.05, 0.1) is 22.9 Å². The maximum Gasteiger partial charge on any atom is 0.144 e. The monoisotopic (exact) mass is 212 g/mol. The second kappa shape index (κ2) is 4.21. The topological polar surface area (TPSA) is 29.3 Å². The summed E-state index contributed by atoms with van der Waals surface area (Å²) in [5, 5.41) is 0.0142. The third kappa shape index (κ3) is 2.09. The minimum atomic E-state index is -0.500. The molecule has 0 saturated carbocycles. The van der Waals surface area contributed by atoms with Crippen molar-refractivity contribution in [2.75, 3.05) is 24.2 Å². The first-order valence-electron chi connectivity index (χ1n) is 3.95. The van der Waals surface area contributed by atoms with Gasteiger partial charge in [0.15, 0.2) is 0 Å². The van der Waals surface area contributed by atoms with E-state index in [2.05, 4.69) is 5.92 Å². The molecule has 1 aromatic carbocycles. The minimum Gasteiger partial charge on any atom is -0.397 e. The molecule has 2 N–H and O–H groups in total. The molecule has 1 rings (SSSR count). The van der Waals surface area contributed by atoms with Gasteiger partial charge in [-0.05, 0) is 6.07 Å². The first kappa shape index (κ1) is 10.7. The summed E-state index contributed by atoms with van der Waals surface area (Å²) in [6, 6.07) is 2.65. The largest absolute Gasteiger partial charge is 0.397 e. The van der Waals surface area contributed by atoms with Crippen LogP contribution in [0.2, 0.25) is 5.02 Å². The van der Waals surface area contributed by atoms with Crippen molar-refractivity contribution in [3.05, 3.63) is 23.0 Å². The lowest BCUT2D eigenvalue weighted by Gasteiger charge is -2.18. The summed E-state index contributed by atoms with van der Waals surface area (Å²) in [7, 11) is 1.74. The Bertz CT molecular complexity index is 384. The molecule has 0 amide bonds. The molecule has 0 heterocycles. The summed E-state index contributed by atoms with van der Waals surface area (Å²) in [4.78, 5) is 1.68. The Balaban J connectivity index is 3.10. The van der Waals surface area contributed by atoms with Crippen LogP contribution in [-0.4, -0.2) is 13.6 Å². The third-order valence-electron chi connectivity index (χ3n) is 1.81. The van der Waals surface area contributed by atoms with Crippen molar-refractivity contribution in [3.63, 3.8) is 0 Å². The molecule has 0 aromatic heterocycles. The van der Waals surface area contributed by atoms with Crippen molar-refractivity contribution in [2.24, 2.45) is 0 Å². The zero-order valence-corrected chi connectivity index (χ0v) is 8.48. The fourth-order valence-corrected chi connectivity index (χ4v) is 1.28. The smallest absolute Gasteiger partial charge is 0.144 e. The molecule has 0 saturated heterocycles. The summed E-state index contributed by atoms with van der Waals surface area (Å²) in [5.41, 5.74) is 6.62.